The maximum Gasteiger partial charge on any atom is 0.272 e. The number of aryl methyl sites for hydroxylation is 1. The van der Waals surface area contributed by atoms with E-state index in [2.05, 4.69) is 12.2 Å². The Morgan fingerprint density at radius 1 is 1.50 bits per heavy atom. The number of rotatable bonds is 4. The summed E-state index contributed by atoms with van der Waals surface area (Å²) in [6.07, 6.45) is 2.19. The smallest absolute Gasteiger partial charge is 0.272 e. The second-order valence-corrected chi connectivity index (χ2v) is 5.11. The third-order valence-electron chi connectivity index (χ3n) is 4.24. The van der Waals surface area contributed by atoms with Crippen molar-refractivity contribution >= 4 is 5.69 Å². The van der Waals surface area contributed by atoms with Crippen molar-refractivity contribution in [2.24, 2.45) is 5.92 Å². The van der Waals surface area contributed by atoms with Gasteiger partial charge in [-0.25, -0.2) is 0 Å². The topological polar surface area (TPSA) is 55.2 Å². The van der Waals surface area contributed by atoms with E-state index in [9.17, 15) is 10.1 Å². The molecule has 98 valence electrons. The summed E-state index contributed by atoms with van der Waals surface area (Å²) in [7, 11) is 1.99. The van der Waals surface area contributed by atoms with Gasteiger partial charge in [0.1, 0.15) is 0 Å². The molecule has 3 unspecified atom stereocenters. The summed E-state index contributed by atoms with van der Waals surface area (Å²) in [5, 5.41) is 14.3. The standard InChI is InChI=1S/C14H20N2O2/c1-4-11-12(8-13(11)15-3)10-6-5-9(2)14(7-10)16(17)18/h5-7,11-13,15H,4,8H2,1-3H3. The van der Waals surface area contributed by atoms with E-state index in [0.29, 0.717) is 17.9 Å². The molecule has 0 spiro atoms. The van der Waals surface area contributed by atoms with Gasteiger partial charge in [-0.2, -0.15) is 0 Å². The summed E-state index contributed by atoms with van der Waals surface area (Å²) in [5.41, 5.74) is 2.10. The Labute approximate surface area is 108 Å². The predicted molar refractivity (Wildman–Crippen MR) is 71.8 cm³/mol. The molecule has 2 rings (SSSR count). The summed E-state index contributed by atoms with van der Waals surface area (Å²) < 4.78 is 0. The molecule has 18 heavy (non-hydrogen) atoms. The monoisotopic (exact) mass is 248 g/mol. The summed E-state index contributed by atoms with van der Waals surface area (Å²) in [4.78, 5) is 10.7. The first kappa shape index (κ1) is 13.0. The van der Waals surface area contributed by atoms with Crippen LogP contribution >= 0.6 is 0 Å². The van der Waals surface area contributed by atoms with Crippen LogP contribution in [0.3, 0.4) is 0 Å². The van der Waals surface area contributed by atoms with Crippen molar-refractivity contribution in [3.05, 3.63) is 39.4 Å². The minimum Gasteiger partial charge on any atom is -0.317 e. The van der Waals surface area contributed by atoms with Crippen LogP contribution in [0, 0.1) is 23.0 Å². The molecule has 0 saturated heterocycles. The van der Waals surface area contributed by atoms with Crippen LogP contribution in [0.25, 0.3) is 0 Å². The predicted octanol–water partition coefficient (Wildman–Crippen LogP) is 3.00. The highest BCUT2D eigenvalue weighted by Gasteiger charge is 2.39. The van der Waals surface area contributed by atoms with Crippen molar-refractivity contribution in [1.82, 2.24) is 5.32 Å². The molecule has 4 heteroatoms. The van der Waals surface area contributed by atoms with Gasteiger partial charge >= 0.3 is 0 Å². The van der Waals surface area contributed by atoms with Crippen molar-refractivity contribution in [2.75, 3.05) is 7.05 Å². The first-order valence-electron chi connectivity index (χ1n) is 6.50. The van der Waals surface area contributed by atoms with Gasteiger partial charge in [-0.15, -0.1) is 0 Å². The van der Waals surface area contributed by atoms with E-state index in [1.807, 2.05) is 19.2 Å². The van der Waals surface area contributed by atoms with E-state index in [1.54, 1.807) is 13.0 Å². The second kappa shape index (κ2) is 5.06. The summed E-state index contributed by atoms with van der Waals surface area (Å²) in [6.45, 7) is 3.97. The minimum atomic E-state index is -0.284. The SMILES string of the molecule is CCC1C(NC)CC1c1ccc(C)c([N+](=O)[O-])c1. The molecule has 0 aliphatic heterocycles. The number of nitro groups is 1. The van der Waals surface area contributed by atoms with Gasteiger partial charge in [-0.1, -0.05) is 25.5 Å². The van der Waals surface area contributed by atoms with Crippen molar-refractivity contribution in [3.8, 4) is 0 Å². The molecule has 1 aromatic rings. The average molecular weight is 248 g/mol. The van der Waals surface area contributed by atoms with Crippen LogP contribution in [-0.2, 0) is 0 Å². The van der Waals surface area contributed by atoms with Crippen molar-refractivity contribution in [3.63, 3.8) is 0 Å². The van der Waals surface area contributed by atoms with Crippen LogP contribution in [0.1, 0.15) is 36.8 Å². The zero-order valence-electron chi connectivity index (χ0n) is 11.1. The van der Waals surface area contributed by atoms with Crippen LogP contribution in [0.15, 0.2) is 18.2 Å². The Kier molecular flexibility index (Phi) is 3.66. The van der Waals surface area contributed by atoms with Crippen molar-refractivity contribution < 1.29 is 4.92 Å². The second-order valence-electron chi connectivity index (χ2n) is 5.11. The Bertz CT molecular complexity index is 459. The lowest BCUT2D eigenvalue weighted by Crippen LogP contribution is -2.47. The molecule has 0 bridgehead atoms. The highest BCUT2D eigenvalue weighted by atomic mass is 16.6. The van der Waals surface area contributed by atoms with Gasteiger partial charge in [0.2, 0.25) is 0 Å². The normalized spacial score (nSPS) is 26.7. The van der Waals surface area contributed by atoms with Crippen molar-refractivity contribution in [1.29, 1.82) is 0 Å². The van der Waals surface area contributed by atoms with E-state index in [1.165, 1.54) is 0 Å². The molecule has 1 N–H and O–H groups in total. The van der Waals surface area contributed by atoms with Crippen LogP contribution in [0.2, 0.25) is 0 Å². The molecule has 1 aromatic carbocycles. The highest BCUT2D eigenvalue weighted by molar-refractivity contribution is 5.44. The van der Waals surface area contributed by atoms with Crippen LogP contribution in [0.4, 0.5) is 5.69 Å². The average Bonchev–Trinajstić information content (AvgIpc) is 2.30. The number of hydrogen-bond acceptors (Lipinski definition) is 3. The quantitative estimate of drug-likeness (QED) is 0.658. The molecule has 0 heterocycles. The number of benzene rings is 1. The zero-order valence-corrected chi connectivity index (χ0v) is 11.1. The van der Waals surface area contributed by atoms with Gasteiger partial charge < -0.3 is 5.32 Å². The lowest BCUT2D eigenvalue weighted by atomic mass is 9.65. The first-order chi connectivity index (χ1) is 8.58. The molecule has 4 nitrogen and oxygen atoms in total. The van der Waals surface area contributed by atoms with Gasteiger partial charge in [0.05, 0.1) is 4.92 Å². The maximum absolute atomic E-state index is 11.0. The lowest BCUT2D eigenvalue weighted by Gasteiger charge is -2.44. The minimum absolute atomic E-state index is 0.246. The molecule has 0 aromatic heterocycles. The van der Waals surface area contributed by atoms with E-state index >= 15 is 0 Å². The number of nitrogens with zero attached hydrogens (tertiary/aromatic N) is 1. The summed E-state index contributed by atoms with van der Waals surface area (Å²) in [6, 6.07) is 6.23. The molecule has 0 amide bonds. The van der Waals surface area contributed by atoms with Gasteiger partial charge in [0.15, 0.2) is 0 Å². The zero-order chi connectivity index (χ0) is 13.3. The van der Waals surface area contributed by atoms with Gasteiger partial charge in [0.25, 0.3) is 5.69 Å². The van der Waals surface area contributed by atoms with Gasteiger partial charge in [0, 0.05) is 17.7 Å². The maximum atomic E-state index is 11.0. The molecular formula is C14H20N2O2. The van der Waals surface area contributed by atoms with Crippen LogP contribution in [-0.4, -0.2) is 18.0 Å². The van der Waals surface area contributed by atoms with Crippen LogP contribution in [0.5, 0.6) is 0 Å². The van der Waals surface area contributed by atoms with Crippen molar-refractivity contribution in [2.45, 2.75) is 38.6 Å². The van der Waals surface area contributed by atoms with Gasteiger partial charge in [-0.05, 0) is 37.8 Å². The Morgan fingerprint density at radius 2 is 2.22 bits per heavy atom. The molecule has 1 aliphatic carbocycles. The fourth-order valence-electron chi connectivity index (χ4n) is 3.05. The molecule has 0 radical (unpaired) electrons. The molecule has 1 aliphatic rings. The van der Waals surface area contributed by atoms with E-state index in [0.717, 1.165) is 24.0 Å². The van der Waals surface area contributed by atoms with E-state index in [4.69, 9.17) is 0 Å². The number of hydrogen-bond donors (Lipinski definition) is 1. The fourth-order valence-corrected chi connectivity index (χ4v) is 3.05. The van der Waals surface area contributed by atoms with Crippen LogP contribution < -0.4 is 5.32 Å². The molecule has 1 saturated carbocycles. The Hall–Kier alpha value is -1.42. The summed E-state index contributed by atoms with van der Waals surface area (Å²) >= 11 is 0. The number of nitro benzene ring substituents is 1. The van der Waals surface area contributed by atoms with E-state index in [-0.39, 0.29) is 10.6 Å². The Balaban J connectivity index is 2.25. The summed E-state index contributed by atoms with van der Waals surface area (Å²) in [5.74, 6) is 1.06. The third-order valence-corrected chi connectivity index (χ3v) is 4.24. The third kappa shape index (κ3) is 2.12. The largest absolute Gasteiger partial charge is 0.317 e. The fraction of sp³-hybridized carbons (Fsp3) is 0.571. The van der Waals surface area contributed by atoms with E-state index < -0.39 is 0 Å². The molecule has 3 atom stereocenters. The van der Waals surface area contributed by atoms with Gasteiger partial charge in [-0.3, -0.25) is 10.1 Å². The first-order valence-corrected chi connectivity index (χ1v) is 6.50. The molecular weight excluding hydrogens is 228 g/mol. The number of nitrogens with one attached hydrogen (secondary N) is 1. The Morgan fingerprint density at radius 3 is 2.78 bits per heavy atom. The highest BCUT2D eigenvalue weighted by Crippen LogP contribution is 2.45. The molecule has 1 fully saturated rings. The lowest BCUT2D eigenvalue weighted by molar-refractivity contribution is -0.385.